The van der Waals surface area contributed by atoms with Gasteiger partial charge in [0.15, 0.2) is 0 Å². The summed E-state index contributed by atoms with van der Waals surface area (Å²) in [7, 11) is 0. The van der Waals surface area contributed by atoms with E-state index in [0.717, 1.165) is 45.3 Å². The van der Waals surface area contributed by atoms with Gasteiger partial charge in [-0.1, -0.05) is 18.2 Å². The second-order valence-corrected chi connectivity index (χ2v) is 8.60. The highest BCUT2D eigenvalue weighted by molar-refractivity contribution is 5.78. The van der Waals surface area contributed by atoms with E-state index < -0.39 is 0 Å². The number of ether oxygens (including phenoxy) is 1. The maximum Gasteiger partial charge on any atom is 0.234 e. The maximum atomic E-state index is 12.5. The lowest BCUT2D eigenvalue weighted by Gasteiger charge is -2.33. The summed E-state index contributed by atoms with van der Waals surface area (Å²) < 4.78 is 5.42. The van der Waals surface area contributed by atoms with Crippen molar-refractivity contribution >= 4 is 5.91 Å². The molecule has 2 aliphatic rings. The fraction of sp³-hybridized carbons (Fsp3) is 0.696. The van der Waals surface area contributed by atoms with E-state index in [9.17, 15) is 4.79 Å². The van der Waals surface area contributed by atoms with E-state index >= 15 is 0 Å². The average molecular weight is 388 g/mol. The first-order valence-electron chi connectivity index (χ1n) is 10.9. The van der Waals surface area contributed by atoms with Crippen LogP contribution in [0.3, 0.4) is 0 Å². The summed E-state index contributed by atoms with van der Waals surface area (Å²) in [4.78, 5) is 17.3. The van der Waals surface area contributed by atoms with Gasteiger partial charge in [0, 0.05) is 13.1 Å². The summed E-state index contributed by atoms with van der Waals surface area (Å²) in [5.41, 5.74) is 3.75. The molecule has 0 radical (unpaired) electrons. The molecule has 1 aromatic rings. The number of rotatable bonds is 7. The molecule has 0 spiro atoms. The Bertz CT molecular complexity index is 635. The molecule has 5 nitrogen and oxygen atoms in total. The van der Waals surface area contributed by atoms with E-state index in [0.29, 0.717) is 6.54 Å². The minimum atomic E-state index is 0.0536. The number of amides is 1. The number of likely N-dealkylation sites (tertiary alicyclic amines) is 1. The first kappa shape index (κ1) is 21.3. The van der Waals surface area contributed by atoms with E-state index in [1.165, 1.54) is 42.5 Å². The summed E-state index contributed by atoms with van der Waals surface area (Å²) in [5, 5.41) is 3.17. The molecule has 2 aliphatic heterocycles. The van der Waals surface area contributed by atoms with Crippen LogP contribution in [0.5, 0.6) is 0 Å². The molecule has 0 aliphatic carbocycles. The Morgan fingerprint density at radius 1 is 1.11 bits per heavy atom. The van der Waals surface area contributed by atoms with Gasteiger partial charge in [0.05, 0.1) is 25.8 Å². The zero-order valence-electron chi connectivity index (χ0n) is 17.9. The van der Waals surface area contributed by atoms with E-state index in [-0.39, 0.29) is 11.9 Å². The summed E-state index contributed by atoms with van der Waals surface area (Å²) in [6, 6.07) is 6.49. The number of morpholine rings is 1. The first-order chi connectivity index (χ1) is 13.5. The zero-order valence-corrected chi connectivity index (χ0v) is 17.9. The number of nitrogens with zero attached hydrogens (tertiary/aromatic N) is 2. The Hall–Kier alpha value is -1.43. The van der Waals surface area contributed by atoms with Gasteiger partial charge in [-0.05, 0) is 82.3 Å². The minimum absolute atomic E-state index is 0.0536. The predicted molar refractivity (Wildman–Crippen MR) is 114 cm³/mol. The molecule has 0 aromatic heterocycles. The zero-order chi connectivity index (χ0) is 19.9. The van der Waals surface area contributed by atoms with E-state index in [1.54, 1.807) is 0 Å². The molecular formula is C23H37N3O2. The molecule has 1 aromatic carbocycles. The molecule has 2 saturated heterocycles. The van der Waals surface area contributed by atoms with Crippen LogP contribution in [0.1, 0.15) is 48.9 Å². The Kier molecular flexibility index (Phi) is 7.89. The fourth-order valence-electron chi connectivity index (χ4n) is 4.23. The Balaban J connectivity index is 1.35. The van der Waals surface area contributed by atoms with Crippen molar-refractivity contribution in [1.29, 1.82) is 0 Å². The Morgan fingerprint density at radius 2 is 1.82 bits per heavy atom. The van der Waals surface area contributed by atoms with Crippen LogP contribution < -0.4 is 5.32 Å². The second-order valence-electron chi connectivity index (χ2n) is 8.60. The molecule has 1 unspecified atom stereocenters. The average Bonchev–Trinajstić information content (AvgIpc) is 2.70. The topological polar surface area (TPSA) is 44.8 Å². The fourth-order valence-corrected chi connectivity index (χ4v) is 4.23. The van der Waals surface area contributed by atoms with Crippen molar-refractivity contribution in [2.75, 3.05) is 52.5 Å². The van der Waals surface area contributed by atoms with E-state index in [2.05, 4.69) is 54.1 Å². The van der Waals surface area contributed by atoms with Crippen molar-refractivity contribution in [1.82, 2.24) is 15.1 Å². The van der Waals surface area contributed by atoms with Crippen LogP contribution in [-0.4, -0.2) is 68.2 Å². The summed E-state index contributed by atoms with van der Waals surface area (Å²) in [5.74, 6) is 0.939. The van der Waals surface area contributed by atoms with Gasteiger partial charge in [0.1, 0.15) is 0 Å². The number of nitrogens with one attached hydrogen (secondary N) is 1. The van der Waals surface area contributed by atoms with Crippen LogP contribution in [0.15, 0.2) is 18.2 Å². The van der Waals surface area contributed by atoms with Crippen LogP contribution in [0.25, 0.3) is 0 Å². The third kappa shape index (κ3) is 6.29. The Morgan fingerprint density at radius 3 is 2.50 bits per heavy atom. The number of aryl methyl sites for hydroxylation is 2. The summed E-state index contributed by atoms with van der Waals surface area (Å²) >= 11 is 0. The van der Waals surface area contributed by atoms with Crippen molar-refractivity contribution in [2.24, 2.45) is 5.92 Å². The predicted octanol–water partition coefficient (Wildman–Crippen LogP) is 2.91. The molecular weight excluding hydrogens is 350 g/mol. The van der Waals surface area contributed by atoms with Gasteiger partial charge in [0.2, 0.25) is 5.91 Å². The highest BCUT2D eigenvalue weighted by Gasteiger charge is 2.22. The van der Waals surface area contributed by atoms with Crippen LogP contribution in [0, 0.1) is 19.8 Å². The van der Waals surface area contributed by atoms with Crippen molar-refractivity contribution < 1.29 is 9.53 Å². The van der Waals surface area contributed by atoms with E-state index in [4.69, 9.17) is 4.74 Å². The maximum absolute atomic E-state index is 12.5. The van der Waals surface area contributed by atoms with Crippen molar-refractivity contribution in [3.05, 3.63) is 34.9 Å². The van der Waals surface area contributed by atoms with Gasteiger partial charge >= 0.3 is 0 Å². The largest absolute Gasteiger partial charge is 0.379 e. The lowest BCUT2D eigenvalue weighted by atomic mass is 9.93. The van der Waals surface area contributed by atoms with Crippen molar-refractivity contribution in [2.45, 2.75) is 46.1 Å². The first-order valence-corrected chi connectivity index (χ1v) is 10.9. The molecule has 1 amide bonds. The number of hydrogen-bond donors (Lipinski definition) is 1. The Labute approximate surface area is 170 Å². The third-order valence-electron chi connectivity index (χ3n) is 6.44. The summed E-state index contributed by atoms with van der Waals surface area (Å²) in [6.45, 7) is 14.0. The smallest absolute Gasteiger partial charge is 0.234 e. The third-order valence-corrected chi connectivity index (χ3v) is 6.44. The molecule has 0 saturated carbocycles. The lowest BCUT2D eigenvalue weighted by Crippen LogP contribution is -2.43. The van der Waals surface area contributed by atoms with Crippen LogP contribution in [0.2, 0.25) is 0 Å². The van der Waals surface area contributed by atoms with Crippen molar-refractivity contribution in [3.63, 3.8) is 0 Å². The monoisotopic (exact) mass is 387 g/mol. The van der Waals surface area contributed by atoms with Gasteiger partial charge in [-0.3, -0.25) is 14.6 Å². The number of benzene rings is 1. The molecule has 5 heteroatoms. The molecule has 156 valence electrons. The molecule has 1 N–H and O–H groups in total. The molecule has 3 rings (SSSR count). The molecule has 28 heavy (non-hydrogen) atoms. The number of carbonyl (C=O) groups excluding carboxylic acids is 1. The molecule has 2 fully saturated rings. The van der Waals surface area contributed by atoms with E-state index in [1.807, 2.05) is 0 Å². The summed E-state index contributed by atoms with van der Waals surface area (Å²) in [6.07, 6.45) is 3.71. The molecule has 0 bridgehead atoms. The highest BCUT2D eigenvalue weighted by atomic mass is 16.5. The minimum Gasteiger partial charge on any atom is -0.379 e. The second kappa shape index (κ2) is 10.4. The normalized spacial score (nSPS) is 20.8. The van der Waals surface area contributed by atoms with Gasteiger partial charge < -0.3 is 10.1 Å². The number of piperidine rings is 1. The SMILES string of the molecule is Cc1ccc(C(C)NC(=O)CN2CCC(CCN3CCOCC3)CC2)cc1C. The molecule has 2 heterocycles. The quantitative estimate of drug-likeness (QED) is 0.781. The standard InChI is InChI=1S/C23H37N3O2/c1-18-4-5-22(16-19(18)2)20(3)24-23(27)17-26-10-7-21(8-11-26)6-9-25-12-14-28-15-13-25/h4-5,16,20-21H,6-15,17H2,1-3H3,(H,24,27). The lowest BCUT2D eigenvalue weighted by molar-refractivity contribution is -0.123. The van der Waals surface area contributed by atoms with Gasteiger partial charge in [-0.2, -0.15) is 0 Å². The van der Waals surface area contributed by atoms with Gasteiger partial charge in [-0.15, -0.1) is 0 Å². The van der Waals surface area contributed by atoms with Gasteiger partial charge in [0.25, 0.3) is 0 Å². The van der Waals surface area contributed by atoms with Crippen LogP contribution >= 0.6 is 0 Å². The van der Waals surface area contributed by atoms with Crippen molar-refractivity contribution in [3.8, 4) is 0 Å². The van der Waals surface area contributed by atoms with Crippen LogP contribution in [-0.2, 0) is 9.53 Å². The highest BCUT2D eigenvalue weighted by Crippen LogP contribution is 2.21. The number of carbonyl (C=O) groups is 1. The number of hydrogen-bond acceptors (Lipinski definition) is 4. The van der Waals surface area contributed by atoms with Crippen LogP contribution in [0.4, 0.5) is 0 Å². The van der Waals surface area contributed by atoms with Gasteiger partial charge in [-0.25, -0.2) is 0 Å². The molecule has 1 atom stereocenters.